The molecule has 0 aliphatic carbocycles. The maximum Gasteiger partial charge on any atom is 0.243 e. The van der Waals surface area contributed by atoms with Gasteiger partial charge in [-0.15, -0.1) is 0 Å². The number of anilines is 4. The number of benzene rings is 2. The molecule has 4 aromatic rings. The van der Waals surface area contributed by atoms with Crippen molar-refractivity contribution < 1.29 is 8.42 Å². The third-order valence-electron chi connectivity index (χ3n) is 5.61. The van der Waals surface area contributed by atoms with Crippen molar-refractivity contribution >= 4 is 77.2 Å². The summed E-state index contributed by atoms with van der Waals surface area (Å²) in [5, 5.41) is 7.88. The molecule has 2 N–H and O–H groups in total. The molecule has 5 rings (SSSR count). The van der Waals surface area contributed by atoms with Gasteiger partial charge in [0.1, 0.15) is 11.8 Å². The molecule has 1 aliphatic rings. The Morgan fingerprint density at radius 1 is 0.943 bits per heavy atom. The molecule has 9 nitrogen and oxygen atoms in total. The quantitative estimate of drug-likeness (QED) is 0.353. The molecule has 1 aliphatic heterocycles. The number of sulfonamides is 1. The summed E-state index contributed by atoms with van der Waals surface area (Å²) < 4.78 is 27.5. The maximum absolute atomic E-state index is 13.0. The monoisotopic (exact) mass is 549 g/mol. The Morgan fingerprint density at radius 3 is 2.31 bits per heavy atom. The summed E-state index contributed by atoms with van der Waals surface area (Å²) in [5.41, 5.74) is 1.81. The second-order valence-electron chi connectivity index (χ2n) is 7.97. The summed E-state index contributed by atoms with van der Waals surface area (Å²) >= 11 is 13.9. The van der Waals surface area contributed by atoms with Crippen LogP contribution in [0.5, 0.6) is 0 Å². The van der Waals surface area contributed by atoms with Gasteiger partial charge in [-0.05, 0) is 43.4 Å². The van der Waals surface area contributed by atoms with Gasteiger partial charge in [-0.2, -0.15) is 4.31 Å². The molecular weight excluding hydrogens is 529 g/mol. The Morgan fingerprint density at radius 2 is 1.63 bits per heavy atom. The first-order valence-electron chi connectivity index (χ1n) is 10.7. The minimum absolute atomic E-state index is 0.261. The molecule has 0 unspecified atom stereocenters. The van der Waals surface area contributed by atoms with Crippen molar-refractivity contribution in [1.82, 2.24) is 24.2 Å². The van der Waals surface area contributed by atoms with Crippen LogP contribution >= 0.6 is 34.5 Å². The molecule has 35 heavy (non-hydrogen) atoms. The molecule has 3 heterocycles. The van der Waals surface area contributed by atoms with Crippen molar-refractivity contribution in [2.45, 2.75) is 4.90 Å². The van der Waals surface area contributed by atoms with Crippen LogP contribution in [0.25, 0.3) is 10.3 Å². The first-order valence-corrected chi connectivity index (χ1v) is 13.7. The zero-order valence-electron chi connectivity index (χ0n) is 18.6. The van der Waals surface area contributed by atoms with Gasteiger partial charge in [0.05, 0.1) is 20.6 Å². The molecule has 0 radical (unpaired) electrons. The Labute approximate surface area is 216 Å². The summed E-state index contributed by atoms with van der Waals surface area (Å²) in [6.45, 7) is 2.40. The highest BCUT2D eigenvalue weighted by Gasteiger charge is 2.27. The molecule has 0 bridgehead atoms. The number of hydrogen-bond donors (Lipinski definition) is 2. The number of rotatable bonds is 6. The number of fused-ring (bicyclic) bond motifs is 1. The largest absolute Gasteiger partial charge is 0.338 e. The highest BCUT2D eigenvalue weighted by molar-refractivity contribution is 7.89. The number of thiazole rings is 1. The highest BCUT2D eigenvalue weighted by Crippen LogP contribution is 2.36. The van der Waals surface area contributed by atoms with E-state index in [2.05, 4.69) is 30.5 Å². The van der Waals surface area contributed by atoms with E-state index >= 15 is 0 Å². The van der Waals surface area contributed by atoms with E-state index in [1.165, 1.54) is 22.0 Å². The lowest BCUT2D eigenvalue weighted by atomic mass is 10.3. The van der Waals surface area contributed by atoms with Gasteiger partial charge in [0.15, 0.2) is 15.8 Å². The van der Waals surface area contributed by atoms with Gasteiger partial charge in [0.25, 0.3) is 0 Å². The van der Waals surface area contributed by atoms with Crippen molar-refractivity contribution in [2.75, 3.05) is 43.9 Å². The Hall–Kier alpha value is -2.54. The van der Waals surface area contributed by atoms with Crippen molar-refractivity contribution in [2.24, 2.45) is 0 Å². The van der Waals surface area contributed by atoms with E-state index in [1.807, 2.05) is 7.05 Å². The van der Waals surface area contributed by atoms with E-state index in [9.17, 15) is 8.42 Å². The zero-order valence-corrected chi connectivity index (χ0v) is 21.7. The van der Waals surface area contributed by atoms with Gasteiger partial charge in [-0.1, -0.05) is 40.6 Å². The molecule has 2 aromatic heterocycles. The van der Waals surface area contributed by atoms with Crippen molar-refractivity contribution in [3.63, 3.8) is 0 Å². The van der Waals surface area contributed by atoms with Crippen LogP contribution in [0.1, 0.15) is 0 Å². The van der Waals surface area contributed by atoms with Gasteiger partial charge in [0.2, 0.25) is 10.0 Å². The van der Waals surface area contributed by atoms with Gasteiger partial charge in [0, 0.05) is 31.9 Å². The highest BCUT2D eigenvalue weighted by atomic mass is 35.5. The lowest BCUT2D eigenvalue weighted by Gasteiger charge is -2.31. The van der Waals surface area contributed by atoms with E-state index in [0.29, 0.717) is 55.8 Å². The molecule has 1 fully saturated rings. The third kappa shape index (κ3) is 5.06. The molecule has 1 saturated heterocycles. The van der Waals surface area contributed by atoms with Crippen LogP contribution in [-0.2, 0) is 10.0 Å². The average molecular weight is 550 g/mol. The second kappa shape index (κ2) is 9.84. The lowest BCUT2D eigenvalue weighted by Crippen LogP contribution is -2.46. The Kier molecular flexibility index (Phi) is 6.80. The topological polar surface area (TPSA) is 103 Å². The first kappa shape index (κ1) is 24.2. The second-order valence-corrected chi connectivity index (χ2v) is 11.7. The number of para-hydroxylation sites is 1. The van der Waals surface area contributed by atoms with E-state index in [1.54, 1.807) is 42.5 Å². The van der Waals surface area contributed by atoms with Crippen LogP contribution < -0.4 is 10.6 Å². The summed E-state index contributed by atoms with van der Waals surface area (Å²) in [7, 11) is -1.54. The molecule has 0 amide bonds. The molecule has 182 valence electrons. The fourth-order valence-corrected chi connectivity index (χ4v) is 6.37. The minimum Gasteiger partial charge on any atom is -0.338 e. The predicted molar refractivity (Wildman–Crippen MR) is 141 cm³/mol. The van der Waals surface area contributed by atoms with Gasteiger partial charge < -0.3 is 15.5 Å². The Bertz CT molecular complexity index is 1450. The zero-order chi connectivity index (χ0) is 24.6. The van der Waals surface area contributed by atoms with E-state index in [4.69, 9.17) is 23.2 Å². The third-order valence-corrected chi connectivity index (χ3v) is 9.03. The van der Waals surface area contributed by atoms with Crippen LogP contribution in [0.15, 0.2) is 53.7 Å². The van der Waals surface area contributed by atoms with Gasteiger partial charge in [-0.25, -0.2) is 23.4 Å². The normalized spacial score (nSPS) is 15.4. The summed E-state index contributed by atoms with van der Waals surface area (Å²) in [6, 6.07) is 11.9. The summed E-state index contributed by atoms with van der Waals surface area (Å²) in [5.74, 6) is 0.499. The number of aromatic nitrogens is 3. The van der Waals surface area contributed by atoms with Crippen LogP contribution in [0.4, 0.5) is 22.3 Å². The van der Waals surface area contributed by atoms with E-state index in [-0.39, 0.29) is 4.90 Å². The molecule has 0 saturated carbocycles. The number of nitrogens with zero attached hydrogens (tertiary/aromatic N) is 5. The number of hydrogen-bond acceptors (Lipinski definition) is 9. The SMILES string of the molecule is CN1CCN(S(=O)(=O)c2ccc(Nc3ncnc4sc(Nc5c(Cl)cccc5Cl)nc34)cc2)CC1. The Balaban J connectivity index is 1.36. The average Bonchev–Trinajstić information content (AvgIpc) is 3.26. The van der Waals surface area contributed by atoms with E-state index < -0.39 is 10.0 Å². The van der Waals surface area contributed by atoms with Crippen LogP contribution in [-0.4, -0.2) is 65.8 Å². The summed E-state index contributed by atoms with van der Waals surface area (Å²) in [6.07, 6.45) is 1.45. The van der Waals surface area contributed by atoms with Crippen LogP contribution in [0.2, 0.25) is 10.0 Å². The molecule has 13 heteroatoms. The van der Waals surface area contributed by atoms with Crippen molar-refractivity contribution in [1.29, 1.82) is 0 Å². The van der Waals surface area contributed by atoms with Crippen LogP contribution in [0.3, 0.4) is 0 Å². The first-order chi connectivity index (χ1) is 16.8. The standard InChI is InChI=1S/C22H21Cl2N7O2S2/c1-30-9-11-31(12-10-30)35(32,33)15-7-5-14(6-8-15)27-20-19-21(26-13-25-20)34-22(29-19)28-18-16(23)3-2-4-17(18)24/h2-8,13H,9-12H2,1H3,(H,28,29)(H,25,26,27). The number of piperazine rings is 1. The fraction of sp³-hybridized carbons (Fsp3) is 0.227. The minimum atomic E-state index is -3.53. The van der Waals surface area contributed by atoms with Crippen LogP contribution in [0, 0.1) is 0 Å². The molecule has 0 spiro atoms. The molecule has 0 atom stereocenters. The van der Waals surface area contributed by atoms with E-state index in [0.717, 1.165) is 13.1 Å². The number of halogens is 2. The number of likely N-dealkylation sites (N-methyl/N-ethyl adjacent to an activating group) is 1. The molecule has 2 aromatic carbocycles. The smallest absolute Gasteiger partial charge is 0.243 e. The lowest BCUT2D eigenvalue weighted by molar-refractivity contribution is 0.222. The van der Waals surface area contributed by atoms with Gasteiger partial charge >= 0.3 is 0 Å². The predicted octanol–water partition coefficient (Wildman–Crippen LogP) is 4.82. The maximum atomic E-state index is 13.0. The molecular formula is C22H21Cl2N7O2S2. The van der Waals surface area contributed by atoms with Crippen molar-refractivity contribution in [3.05, 3.63) is 58.8 Å². The fourth-order valence-electron chi connectivity index (χ4n) is 3.65. The summed E-state index contributed by atoms with van der Waals surface area (Å²) in [4.78, 5) is 16.3. The van der Waals surface area contributed by atoms with Gasteiger partial charge in [-0.3, -0.25) is 0 Å². The number of nitrogens with one attached hydrogen (secondary N) is 2. The van der Waals surface area contributed by atoms with Crippen molar-refractivity contribution in [3.8, 4) is 0 Å².